The molecule has 1 saturated carbocycles. The molecule has 1 heterocycles. The van der Waals surface area contributed by atoms with Crippen molar-refractivity contribution >= 4 is 11.9 Å². The van der Waals surface area contributed by atoms with Gasteiger partial charge in [-0.1, -0.05) is 49.6 Å². The predicted octanol–water partition coefficient (Wildman–Crippen LogP) is 2.80. The van der Waals surface area contributed by atoms with Crippen LogP contribution in [0.3, 0.4) is 0 Å². The van der Waals surface area contributed by atoms with Crippen molar-refractivity contribution in [3.05, 3.63) is 35.9 Å². The van der Waals surface area contributed by atoms with Crippen LogP contribution in [0.25, 0.3) is 0 Å². The Kier molecular flexibility index (Phi) is 5.61. The Morgan fingerprint density at radius 1 is 1.08 bits per heavy atom. The van der Waals surface area contributed by atoms with Gasteiger partial charge in [0.25, 0.3) is 0 Å². The Morgan fingerprint density at radius 2 is 1.72 bits per heavy atom. The Balaban J connectivity index is 1.60. The number of carbonyl (C=O) groups excluding carboxylic acids is 2. The van der Waals surface area contributed by atoms with E-state index in [1.807, 2.05) is 11.0 Å². The Bertz CT molecular complexity index is 588. The van der Waals surface area contributed by atoms with Gasteiger partial charge in [-0.25, -0.2) is 4.79 Å². The SMILES string of the molecule is NC(=O)C1CCN(C(=O)NCC2(c3ccccc3)CCCCC2)CC1. The van der Waals surface area contributed by atoms with Gasteiger partial charge in [0.1, 0.15) is 0 Å². The van der Waals surface area contributed by atoms with Crippen molar-refractivity contribution in [1.29, 1.82) is 0 Å². The van der Waals surface area contributed by atoms with Gasteiger partial charge in [-0.15, -0.1) is 0 Å². The summed E-state index contributed by atoms with van der Waals surface area (Å²) in [7, 11) is 0. The van der Waals surface area contributed by atoms with E-state index in [9.17, 15) is 9.59 Å². The van der Waals surface area contributed by atoms with E-state index < -0.39 is 0 Å². The van der Waals surface area contributed by atoms with Crippen molar-refractivity contribution in [2.45, 2.75) is 50.4 Å². The molecule has 2 aliphatic rings. The van der Waals surface area contributed by atoms with E-state index >= 15 is 0 Å². The third kappa shape index (κ3) is 4.14. The zero-order valence-electron chi connectivity index (χ0n) is 14.9. The molecule has 3 amide bonds. The van der Waals surface area contributed by atoms with Crippen molar-refractivity contribution in [2.24, 2.45) is 11.7 Å². The zero-order chi connectivity index (χ0) is 17.7. The van der Waals surface area contributed by atoms with Crippen LogP contribution in [0.15, 0.2) is 30.3 Å². The summed E-state index contributed by atoms with van der Waals surface area (Å²) in [5.74, 6) is -0.330. The number of nitrogens with zero attached hydrogens (tertiary/aromatic N) is 1. The summed E-state index contributed by atoms with van der Waals surface area (Å²) in [6.07, 6.45) is 7.31. The van der Waals surface area contributed by atoms with Gasteiger partial charge in [-0.3, -0.25) is 4.79 Å². The lowest BCUT2D eigenvalue weighted by molar-refractivity contribution is -0.123. The minimum Gasteiger partial charge on any atom is -0.369 e. The monoisotopic (exact) mass is 343 g/mol. The molecule has 0 radical (unpaired) electrons. The second kappa shape index (κ2) is 7.89. The van der Waals surface area contributed by atoms with Crippen LogP contribution in [0.4, 0.5) is 4.79 Å². The molecule has 0 bridgehead atoms. The summed E-state index contributed by atoms with van der Waals surface area (Å²) in [5, 5.41) is 3.18. The fourth-order valence-corrected chi connectivity index (χ4v) is 4.31. The maximum atomic E-state index is 12.6. The van der Waals surface area contributed by atoms with Gasteiger partial charge in [0.05, 0.1) is 0 Å². The van der Waals surface area contributed by atoms with Gasteiger partial charge >= 0.3 is 6.03 Å². The number of primary amides is 1. The van der Waals surface area contributed by atoms with Crippen molar-refractivity contribution in [1.82, 2.24) is 10.2 Å². The summed E-state index contributed by atoms with van der Waals surface area (Å²) >= 11 is 0. The van der Waals surface area contributed by atoms with Gasteiger partial charge in [0, 0.05) is 31.0 Å². The largest absolute Gasteiger partial charge is 0.369 e. The van der Waals surface area contributed by atoms with Crippen LogP contribution in [-0.2, 0) is 10.2 Å². The first-order valence-electron chi connectivity index (χ1n) is 9.48. The van der Waals surface area contributed by atoms with Crippen LogP contribution in [-0.4, -0.2) is 36.5 Å². The minimum atomic E-state index is -0.245. The number of hydrogen-bond acceptors (Lipinski definition) is 2. The molecular weight excluding hydrogens is 314 g/mol. The molecular formula is C20H29N3O2. The first-order chi connectivity index (χ1) is 12.1. The van der Waals surface area contributed by atoms with E-state index in [-0.39, 0.29) is 23.3 Å². The highest BCUT2D eigenvalue weighted by atomic mass is 16.2. The van der Waals surface area contributed by atoms with E-state index in [1.54, 1.807) is 0 Å². The van der Waals surface area contributed by atoms with Gasteiger partial charge in [0.2, 0.25) is 5.91 Å². The number of nitrogens with one attached hydrogen (secondary N) is 1. The molecule has 25 heavy (non-hydrogen) atoms. The van der Waals surface area contributed by atoms with E-state index in [1.165, 1.54) is 24.8 Å². The number of amides is 3. The summed E-state index contributed by atoms with van der Waals surface area (Å²) in [6, 6.07) is 10.6. The lowest BCUT2D eigenvalue weighted by Gasteiger charge is -2.39. The average Bonchev–Trinajstić information content (AvgIpc) is 2.67. The zero-order valence-corrected chi connectivity index (χ0v) is 14.9. The molecule has 0 aromatic heterocycles. The summed E-state index contributed by atoms with van der Waals surface area (Å²) < 4.78 is 0. The fourth-order valence-electron chi connectivity index (χ4n) is 4.31. The number of piperidine rings is 1. The highest BCUT2D eigenvalue weighted by Crippen LogP contribution is 2.39. The molecule has 3 rings (SSSR count). The van der Waals surface area contributed by atoms with Gasteiger partial charge in [0.15, 0.2) is 0 Å². The number of rotatable bonds is 4. The lowest BCUT2D eigenvalue weighted by atomic mass is 9.69. The number of benzene rings is 1. The van der Waals surface area contributed by atoms with Crippen molar-refractivity contribution < 1.29 is 9.59 Å². The van der Waals surface area contributed by atoms with Crippen LogP contribution >= 0.6 is 0 Å². The van der Waals surface area contributed by atoms with Crippen molar-refractivity contribution in [3.8, 4) is 0 Å². The smallest absolute Gasteiger partial charge is 0.317 e. The van der Waals surface area contributed by atoms with E-state index in [0.29, 0.717) is 32.5 Å². The van der Waals surface area contributed by atoms with E-state index in [2.05, 4.69) is 29.6 Å². The second-order valence-electron chi connectivity index (χ2n) is 7.53. The van der Waals surface area contributed by atoms with E-state index in [4.69, 9.17) is 5.73 Å². The third-order valence-corrected chi connectivity index (χ3v) is 5.96. The fraction of sp³-hybridized carbons (Fsp3) is 0.600. The van der Waals surface area contributed by atoms with Crippen LogP contribution in [0.5, 0.6) is 0 Å². The van der Waals surface area contributed by atoms with Crippen LogP contribution < -0.4 is 11.1 Å². The maximum Gasteiger partial charge on any atom is 0.317 e. The highest BCUT2D eigenvalue weighted by molar-refractivity contribution is 5.78. The number of urea groups is 1. The number of likely N-dealkylation sites (tertiary alicyclic amines) is 1. The Labute approximate surface area is 150 Å². The quantitative estimate of drug-likeness (QED) is 0.882. The molecule has 3 N–H and O–H groups in total. The van der Waals surface area contributed by atoms with Crippen molar-refractivity contribution in [3.63, 3.8) is 0 Å². The number of nitrogens with two attached hydrogens (primary N) is 1. The average molecular weight is 343 g/mol. The predicted molar refractivity (Wildman–Crippen MR) is 98.1 cm³/mol. The minimum absolute atomic E-state index is 0.0104. The highest BCUT2D eigenvalue weighted by Gasteiger charge is 2.35. The molecule has 1 aromatic rings. The molecule has 0 atom stereocenters. The third-order valence-electron chi connectivity index (χ3n) is 5.96. The van der Waals surface area contributed by atoms with E-state index in [0.717, 1.165) is 12.8 Å². The number of hydrogen-bond donors (Lipinski definition) is 2. The summed E-state index contributed by atoms with van der Waals surface area (Å²) in [4.78, 5) is 25.7. The maximum absolute atomic E-state index is 12.6. The molecule has 5 heteroatoms. The van der Waals surface area contributed by atoms with Gasteiger partial charge in [-0.2, -0.15) is 0 Å². The molecule has 136 valence electrons. The molecule has 1 saturated heterocycles. The standard InChI is InChI=1S/C20H29N3O2/c21-18(24)16-9-13-23(14-10-16)19(25)22-15-20(11-5-2-6-12-20)17-7-3-1-4-8-17/h1,3-4,7-8,16H,2,5-6,9-15H2,(H2,21,24)(H,22,25). The van der Waals surface area contributed by atoms with Crippen LogP contribution in [0, 0.1) is 5.92 Å². The summed E-state index contributed by atoms with van der Waals surface area (Å²) in [5.41, 5.74) is 6.76. The van der Waals surface area contributed by atoms with Gasteiger partial charge in [-0.05, 0) is 31.2 Å². The number of carbonyl (C=O) groups is 2. The molecule has 2 fully saturated rings. The topological polar surface area (TPSA) is 75.4 Å². The molecule has 1 aliphatic carbocycles. The Morgan fingerprint density at radius 3 is 2.32 bits per heavy atom. The Hall–Kier alpha value is -2.04. The normalized spacial score (nSPS) is 20.9. The molecule has 1 aromatic carbocycles. The van der Waals surface area contributed by atoms with Crippen molar-refractivity contribution in [2.75, 3.05) is 19.6 Å². The first-order valence-corrected chi connectivity index (χ1v) is 9.48. The van der Waals surface area contributed by atoms with Crippen LogP contribution in [0.2, 0.25) is 0 Å². The first kappa shape index (κ1) is 17.8. The molecule has 5 nitrogen and oxygen atoms in total. The molecule has 0 unspecified atom stereocenters. The van der Waals surface area contributed by atoms with Gasteiger partial charge < -0.3 is 16.0 Å². The lowest BCUT2D eigenvalue weighted by Crippen LogP contribution is -2.50. The van der Waals surface area contributed by atoms with Crippen LogP contribution in [0.1, 0.15) is 50.5 Å². The summed E-state index contributed by atoms with van der Waals surface area (Å²) in [6.45, 7) is 1.90. The molecule has 0 spiro atoms. The molecule has 1 aliphatic heterocycles. The second-order valence-corrected chi connectivity index (χ2v) is 7.53.